The molecular weight excluding hydrogens is 417 g/mol. The quantitative estimate of drug-likeness (QED) is 0.211. The molecule has 0 fully saturated rings. The Kier molecular flexibility index (Phi) is 12.2. The zero-order valence-corrected chi connectivity index (χ0v) is 17.5. The Hall–Kier alpha value is 0.457. The maximum Gasteiger partial charge on any atom is 0.500 e. The monoisotopic (exact) mass is 445 g/mol. The average molecular weight is 445 g/mol. The first kappa shape index (κ1) is 21.5. The minimum Gasteiger partial charge on any atom is -1.00 e. The summed E-state index contributed by atoms with van der Waals surface area (Å²) in [4.78, 5) is 0. The van der Waals surface area contributed by atoms with Crippen molar-refractivity contribution in [1.82, 2.24) is 0 Å². The van der Waals surface area contributed by atoms with Gasteiger partial charge in [0.2, 0.25) is 5.51 Å². The molecular formula is C14H28INO3SSi. The summed E-state index contributed by atoms with van der Waals surface area (Å²) in [6.45, 7) is 11.2. The Labute approximate surface area is 151 Å². The van der Waals surface area contributed by atoms with E-state index in [1.54, 1.807) is 11.3 Å². The number of aromatic nitrogens is 1. The van der Waals surface area contributed by atoms with Crippen molar-refractivity contribution in [2.45, 2.75) is 53.1 Å². The van der Waals surface area contributed by atoms with Gasteiger partial charge in [0.1, 0.15) is 6.54 Å². The number of unbranched alkanes of at least 4 members (excludes halogenated alkanes) is 1. The molecule has 0 aliphatic heterocycles. The Morgan fingerprint density at radius 2 is 1.62 bits per heavy atom. The van der Waals surface area contributed by atoms with Crippen LogP contribution >= 0.6 is 11.3 Å². The second kappa shape index (κ2) is 12.0. The number of hydrogen-bond acceptors (Lipinski definition) is 4. The van der Waals surface area contributed by atoms with Gasteiger partial charge >= 0.3 is 8.80 Å². The minimum atomic E-state index is -2.44. The molecule has 0 saturated heterocycles. The minimum absolute atomic E-state index is 0. The lowest BCUT2D eigenvalue weighted by molar-refractivity contribution is -0.698. The predicted molar refractivity (Wildman–Crippen MR) is 83.9 cm³/mol. The number of nitrogens with zero attached hydrogens (tertiary/aromatic N) is 1. The molecule has 1 rings (SSSR count). The van der Waals surface area contributed by atoms with Gasteiger partial charge in [-0.25, -0.2) is 0 Å². The van der Waals surface area contributed by atoms with Gasteiger partial charge < -0.3 is 37.3 Å². The summed E-state index contributed by atoms with van der Waals surface area (Å²) in [5.74, 6) is 0. The van der Waals surface area contributed by atoms with Crippen molar-refractivity contribution in [3.63, 3.8) is 0 Å². The van der Waals surface area contributed by atoms with Gasteiger partial charge in [0.15, 0.2) is 5.69 Å². The highest BCUT2D eigenvalue weighted by Crippen LogP contribution is 2.19. The molecule has 0 radical (unpaired) electrons. The largest absolute Gasteiger partial charge is 1.00 e. The van der Waals surface area contributed by atoms with E-state index in [1.807, 2.05) is 20.8 Å². The van der Waals surface area contributed by atoms with E-state index >= 15 is 0 Å². The van der Waals surface area contributed by atoms with Crippen LogP contribution < -0.4 is 28.5 Å². The van der Waals surface area contributed by atoms with Gasteiger partial charge in [-0.05, 0) is 27.2 Å². The first-order valence-corrected chi connectivity index (χ1v) is 10.4. The maximum atomic E-state index is 5.86. The zero-order chi connectivity index (χ0) is 14.8. The molecule has 124 valence electrons. The third kappa shape index (κ3) is 7.51. The third-order valence-electron chi connectivity index (χ3n) is 3.10. The summed E-state index contributed by atoms with van der Waals surface area (Å²) in [6.07, 6.45) is 2.21. The highest BCUT2D eigenvalue weighted by atomic mass is 127. The molecule has 4 nitrogen and oxygen atoms in total. The van der Waals surface area contributed by atoms with Gasteiger partial charge in [-0.1, -0.05) is 11.3 Å². The standard InChI is InChI=1S/C14H28NO3SSi.HI/c1-5-16-20(17-6-2,18-7-3)11-9-8-10-15-13-19-12-14(15)4;/h12-13H,5-11H2,1-4H3;1H/q+1;/p-1. The van der Waals surface area contributed by atoms with Crippen LogP contribution in [-0.2, 0) is 19.8 Å². The topological polar surface area (TPSA) is 31.6 Å². The summed E-state index contributed by atoms with van der Waals surface area (Å²) in [7, 11) is -2.44. The smallest absolute Gasteiger partial charge is 0.500 e. The summed E-state index contributed by atoms with van der Waals surface area (Å²) < 4.78 is 19.9. The number of hydrogen-bond donors (Lipinski definition) is 0. The van der Waals surface area contributed by atoms with Crippen LogP contribution in [0.15, 0.2) is 10.9 Å². The van der Waals surface area contributed by atoms with Crippen molar-refractivity contribution in [3.05, 3.63) is 16.6 Å². The molecule has 1 aromatic heterocycles. The fourth-order valence-electron chi connectivity index (χ4n) is 2.21. The van der Waals surface area contributed by atoms with Crippen molar-refractivity contribution in [3.8, 4) is 0 Å². The van der Waals surface area contributed by atoms with Crippen molar-refractivity contribution in [1.29, 1.82) is 0 Å². The molecule has 7 heteroatoms. The van der Waals surface area contributed by atoms with Crippen LogP contribution in [0.5, 0.6) is 0 Å². The highest BCUT2D eigenvalue weighted by molar-refractivity contribution is 7.07. The lowest BCUT2D eigenvalue weighted by Crippen LogP contribution is -3.00. The molecule has 0 aliphatic carbocycles. The van der Waals surface area contributed by atoms with Crippen LogP contribution in [0.2, 0.25) is 6.04 Å². The van der Waals surface area contributed by atoms with Crippen molar-refractivity contribution in [2.24, 2.45) is 0 Å². The molecule has 0 saturated carbocycles. The Morgan fingerprint density at radius 1 is 1.05 bits per heavy atom. The van der Waals surface area contributed by atoms with Gasteiger partial charge in [0.25, 0.3) is 0 Å². The molecule has 0 aliphatic rings. The van der Waals surface area contributed by atoms with E-state index in [1.165, 1.54) is 5.69 Å². The summed E-state index contributed by atoms with van der Waals surface area (Å²) in [6, 6.07) is 0.909. The van der Waals surface area contributed by atoms with Crippen molar-refractivity contribution < 1.29 is 41.8 Å². The molecule has 0 atom stereocenters. The van der Waals surface area contributed by atoms with Gasteiger partial charge in [-0.3, -0.25) is 0 Å². The maximum absolute atomic E-state index is 5.86. The molecule has 1 heterocycles. The number of halogens is 1. The van der Waals surface area contributed by atoms with E-state index in [4.69, 9.17) is 13.3 Å². The van der Waals surface area contributed by atoms with Crippen LogP contribution in [0.1, 0.15) is 39.3 Å². The lowest BCUT2D eigenvalue weighted by atomic mass is 10.3. The van der Waals surface area contributed by atoms with Crippen LogP contribution in [0, 0.1) is 6.92 Å². The number of thiazole rings is 1. The Bertz CT molecular complexity index is 362. The summed E-state index contributed by atoms with van der Waals surface area (Å²) in [5, 5.41) is 2.18. The van der Waals surface area contributed by atoms with Crippen LogP contribution in [-0.4, -0.2) is 28.6 Å². The molecule has 1 aromatic rings. The van der Waals surface area contributed by atoms with Gasteiger partial charge in [-0.15, -0.1) is 0 Å². The Balaban J connectivity index is 0.00000400. The molecule has 0 aromatic carbocycles. The number of aryl methyl sites for hydroxylation is 2. The fourth-order valence-corrected chi connectivity index (χ4v) is 5.70. The van der Waals surface area contributed by atoms with E-state index in [0.717, 1.165) is 25.4 Å². The van der Waals surface area contributed by atoms with E-state index < -0.39 is 8.80 Å². The second-order valence-electron chi connectivity index (χ2n) is 4.63. The average Bonchev–Trinajstić information content (AvgIpc) is 2.81. The third-order valence-corrected chi connectivity index (χ3v) is 7.11. The van der Waals surface area contributed by atoms with E-state index in [2.05, 4.69) is 22.4 Å². The predicted octanol–water partition coefficient (Wildman–Crippen LogP) is 0.177. The zero-order valence-electron chi connectivity index (χ0n) is 13.6. The first-order valence-electron chi connectivity index (χ1n) is 7.51. The first-order chi connectivity index (χ1) is 9.67. The van der Waals surface area contributed by atoms with Gasteiger partial charge in [0, 0.05) is 39.2 Å². The molecule has 0 N–H and O–H groups in total. The van der Waals surface area contributed by atoms with E-state index in [0.29, 0.717) is 19.8 Å². The lowest BCUT2D eigenvalue weighted by Gasteiger charge is -2.28. The van der Waals surface area contributed by atoms with Gasteiger partial charge in [0.05, 0.1) is 5.38 Å². The SMILES string of the molecule is CCO[Si](CCCC[n+]1cscc1C)(OCC)OCC.[I-]. The summed E-state index contributed by atoms with van der Waals surface area (Å²) >= 11 is 1.75. The molecule has 0 bridgehead atoms. The molecule has 21 heavy (non-hydrogen) atoms. The normalized spacial score (nSPS) is 11.4. The fraction of sp³-hybridized carbons (Fsp3) is 0.786. The Morgan fingerprint density at radius 3 is 2.05 bits per heavy atom. The number of rotatable bonds is 11. The summed E-state index contributed by atoms with van der Waals surface area (Å²) in [5.41, 5.74) is 3.51. The second-order valence-corrected chi connectivity index (χ2v) is 8.08. The van der Waals surface area contributed by atoms with E-state index in [-0.39, 0.29) is 24.0 Å². The van der Waals surface area contributed by atoms with E-state index in [9.17, 15) is 0 Å². The molecule has 0 unspecified atom stereocenters. The highest BCUT2D eigenvalue weighted by Gasteiger charge is 2.39. The molecule has 0 amide bonds. The van der Waals surface area contributed by atoms with Crippen LogP contribution in [0.3, 0.4) is 0 Å². The van der Waals surface area contributed by atoms with Crippen LogP contribution in [0.4, 0.5) is 0 Å². The van der Waals surface area contributed by atoms with Crippen LogP contribution in [0.25, 0.3) is 0 Å². The van der Waals surface area contributed by atoms with Gasteiger partial charge in [-0.2, -0.15) is 4.57 Å². The van der Waals surface area contributed by atoms with Crippen molar-refractivity contribution in [2.75, 3.05) is 19.8 Å². The van der Waals surface area contributed by atoms with Crippen molar-refractivity contribution >= 4 is 20.1 Å². The molecule has 0 spiro atoms.